The van der Waals surface area contributed by atoms with Gasteiger partial charge in [-0.1, -0.05) is 13.8 Å². The smallest absolute Gasteiger partial charge is 0.151 e. The van der Waals surface area contributed by atoms with Crippen LogP contribution in [0, 0.1) is 6.92 Å². The van der Waals surface area contributed by atoms with Crippen molar-refractivity contribution in [3.05, 3.63) is 17.8 Å². The molecule has 120 valence electrons. The summed E-state index contributed by atoms with van der Waals surface area (Å²) in [6.07, 6.45) is 2.23. The van der Waals surface area contributed by atoms with Crippen molar-refractivity contribution in [3.63, 3.8) is 0 Å². The molecule has 0 radical (unpaired) electrons. The third-order valence-corrected chi connectivity index (χ3v) is 3.86. The number of aryl methyl sites for hydroxylation is 1. The lowest BCUT2D eigenvalue weighted by Crippen LogP contribution is -2.62. The molecule has 0 aromatic carbocycles. The minimum absolute atomic E-state index is 0.152. The summed E-state index contributed by atoms with van der Waals surface area (Å²) < 4.78 is 0. The number of hydrogen-bond acceptors (Lipinski definition) is 4. The van der Waals surface area contributed by atoms with Crippen LogP contribution in [-0.2, 0) is 0 Å². The van der Waals surface area contributed by atoms with Crippen LogP contribution < -0.4 is 10.2 Å². The third-order valence-electron chi connectivity index (χ3n) is 3.86. The van der Waals surface area contributed by atoms with E-state index in [2.05, 4.69) is 61.2 Å². The van der Waals surface area contributed by atoms with Crippen molar-refractivity contribution >= 4 is 5.82 Å². The van der Waals surface area contributed by atoms with Gasteiger partial charge in [0.1, 0.15) is 0 Å². The fraction of sp³-hybridized carbons (Fsp3) is 0.765. The molecular weight excluding hydrogens is 260 g/mol. The van der Waals surface area contributed by atoms with Gasteiger partial charge >= 0.3 is 0 Å². The molecule has 0 saturated carbocycles. The Balaban J connectivity index is 0.00000106. The highest BCUT2D eigenvalue weighted by atomic mass is 15.3. The fourth-order valence-corrected chi connectivity index (χ4v) is 3.31. The molecule has 1 aliphatic heterocycles. The summed E-state index contributed by atoms with van der Waals surface area (Å²) in [5.74, 6) is 0.962. The van der Waals surface area contributed by atoms with Crippen LogP contribution in [0.5, 0.6) is 0 Å². The van der Waals surface area contributed by atoms with Crippen molar-refractivity contribution in [2.75, 3.05) is 11.9 Å². The van der Waals surface area contributed by atoms with Gasteiger partial charge in [0.15, 0.2) is 5.82 Å². The van der Waals surface area contributed by atoms with Gasteiger partial charge in [0.05, 0.1) is 5.69 Å². The predicted octanol–water partition coefficient (Wildman–Crippen LogP) is 3.56. The molecule has 1 aromatic rings. The van der Waals surface area contributed by atoms with Gasteiger partial charge in [-0.2, -0.15) is 5.10 Å². The number of rotatable bonds is 2. The topological polar surface area (TPSA) is 41.0 Å². The van der Waals surface area contributed by atoms with E-state index in [1.165, 1.54) is 0 Å². The molecule has 1 fully saturated rings. The highest BCUT2D eigenvalue weighted by molar-refractivity contribution is 5.38. The average molecular weight is 292 g/mol. The summed E-state index contributed by atoms with van der Waals surface area (Å²) in [5, 5.41) is 12.2. The molecular formula is C17H32N4. The maximum absolute atomic E-state index is 4.30. The van der Waals surface area contributed by atoms with Crippen LogP contribution in [0.2, 0.25) is 0 Å². The van der Waals surface area contributed by atoms with Crippen molar-refractivity contribution in [2.45, 2.75) is 78.4 Å². The molecule has 4 nitrogen and oxygen atoms in total. The predicted molar refractivity (Wildman–Crippen MR) is 90.8 cm³/mol. The molecule has 2 rings (SSSR count). The molecule has 0 aliphatic carbocycles. The Kier molecular flexibility index (Phi) is 5.74. The van der Waals surface area contributed by atoms with Gasteiger partial charge in [-0.15, -0.1) is 5.10 Å². The Bertz CT molecular complexity index is 421. The second-order valence-corrected chi connectivity index (χ2v) is 7.10. The van der Waals surface area contributed by atoms with E-state index >= 15 is 0 Å². The van der Waals surface area contributed by atoms with E-state index in [0.29, 0.717) is 6.04 Å². The van der Waals surface area contributed by atoms with Crippen LogP contribution in [0.3, 0.4) is 0 Å². The quantitative estimate of drug-likeness (QED) is 0.905. The zero-order valence-corrected chi connectivity index (χ0v) is 15.0. The summed E-state index contributed by atoms with van der Waals surface area (Å²) in [5.41, 5.74) is 1.26. The zero-order chi connectivity index (χ0) is 16.3. The SMILES string of the molecule is CC.Cc1ccc(N(C)C2CC(C)(C)NC(C)(C)C2)nn1. The summed E-state index contributed by atoms with van der Waals surface area (Å²) in [7, 11) is 2.13. The first kappa shape index (κ1) is 17.9. The summed E-state index contributed by atoms with van der Waals surface area (Å²) in [6.45, 7) is 15.1. The standard InChI is InChI=1S/C15H26N4.C2H6/c1-11-7-8-13(17-16-11)19(6)12-9-14(2,3)18-15(4,5)10-12;1-2/h7-8,12,18H,9-10H2,1-6H3;1-2H3. The van der Waals surface area contributed by atoms with Gasteiger partial charge < -0.3 is 10.2 Å². The van der Waals surface area contributed by atoms with E-state index in [4.69, 9.17) is 0 Å². The molecule has 1 aliphatic rings. The van der Waals surface area contributed by atoms with Crippen LogP contribution >= 0.6 is 0 Å². The van der Waals surface area contributed by atoms with E-state index < -0.39 is 0 Å². The van der Waals surface area contributed by atoms with Crippen molar-refractivity contribution in [3.8, 4) is 0 Å². The van der Waals surface area contributed by atoms with E-state index in [9.17, 15) is 0 Å². The molecule has 0 unspecified atom stereocenters. The van der Waals surface area contributed by atoms with Gasteiger partial charge in [0.2, 0.25) is 0 Å². The zero-order valence-electron chi connectivity index (χ0n) is 15.0. The molecule has 0 spiro atoms. The second kappa shape index (κ2) is 6.73. The third kappa shape index (κ3) is 4.95. The van der Waals surface area contributed by atoms with Crippen molar-refractivity contribution in [1.29, 1.82) is 0 Å². The number of nitrogens with zero attached hydrogens (tertiary/aromatic N) is 3. The number of anilines is 1. The first-order valence-corrected chi connectivity index (χ1v) is 8.01. The second-order valence-electron chi connectivity index (χ2n) is 7.10. The highest BCUT2D eigenvalue weighted by Crippen LogP contribution is 2.32. The number of aromatic nitrogens is 2. The molecule has 1 saturated heterocycles. The normalized spacial score (nSPS) is 20.4. The average Bonchev–Trinajstić information content (AvgIpc) is 2.37. The maximum atomic E-state index is 4.30. The number of hydrogen-bond donors (Lipinski definition) is 1. The number of piperidine rings is 1. The lowest BCUT2D eigenvalue weighted by Gasteiger charge is -2.49. The lowest BCUT2D eigenvalue weighted by atomic mass is 9.79. The summed E-state index contributed by atoms with van der Waals surface area (Å²) in [4.78, 5) is 2.27. The first-order valence-electron chi connectivity index (χ1n) is 8.01. The van der Waals surface area contributed by atoms with Crippen molar-refractivity contribution in [2.24, 2.45) is 0 Å². The Hall–Kier alpha value is -1.16. The molecule has 21 heavy (non-hydrogen) atoms. The van der Waals surface area contributed by atoms with Crippen molar-refractivity contribution in [1.82, 2.24) is 15.5 Å². The number of nitrogens with one attached hydrogen (secondary N) is 1. The monoisotopic (exact) mass is 292 g/mol. The van der Waals surface area contributed by atoms with Crippen LogP contribution in [0.15, 0.2) is 12.1 Å². The molecule has 4 heteroatoms. The van der Waals surface area contributed by atoms with Crippen molar-refractivity contribution < 1.29 is 0 Å². The molecule has 1 aromatic heterocycles. The Morgan fingerprint density at radius 2 is 1.57 bits per heavy atom. The Morgan fingerprint density at radius 3 is 2.00 bits per heavy atom. The fourth-order valence-electron chi connectivity index (χ4n) is 3.31. The highest BCUT2D eigenvalue weighted by Gasteiger charge is 2.39. The Morgan fingerprint density at radius 1 is 1.05 bits per heavy atom. The largest absolute Gasteiger partial charge is 0.355 e. The van der Waals surface area contributed by atoms with E-state index in [1.54, 1.807) is 0 Å². The first-order chi connectivity index (χ1) is 9.69. The lowest BCUT2D eigenvalue weighted by molar-refractivity contribution is 0.160. The minimum Gasteiger partial charge on any atom is -0.355 e. The van der Waals surface area contributed by atoms with E-state index in [-0.39, 0.29) is 11.1 Å². The molecule has 2 heterocycles. The van der Waals surface area contributed by atoms with Gasteiger partial charge in [-0.3, -0.25) is 0 Å². The van der Waals surface area contributed by atoms with Gasteiger partial charge in [-0.25, -0.2) is 0 Å². The molecule has 0 atom stereocenters. The Labute approximate surface area is 130 Å². The molecule has 0 amide bonds. The van der Waals surface area contributed by atoms with Crippen LogP contribution in [-0.4, -0.2) is 34.4 Å². The van der Waals surface area contributed by atoms with Crippen LogP contribution in [0.25, 0.3) is 0 Å². The summed E-state index contributed by atoms with van der Waals surface area (Å²) in [6, 6.07) is 4.57. The summed E-state index contributed by atoms with van der Waals surface area (Å²) >= 11 is 0. The molecule has 1 N–H and O–H groups in total. The van der Waals surface area contributed by atoms with E-state index in [1.807, 2.05) is 26.8 Å². The molecule has 0 bridgehead atoms. The van der Waals surface area contributed by atoms with Gasteiger partial charge in [0.25, 0.3) is 0 Å². The maximum Gasteiger partial charge on any atom is 0.151 e. The van der Waals surface area contributed by atoms with E-state index in [0.717, 1.165) is 24.4 Å². The van der Waals surface area contributed by atoms with Gasteiger partial charge in [-0.05, 0) is 59.6 Å². The van der Waals surface area contributed by atoms with Gasteiger partial charge in [0, 0.05) is 24.2 Å². The minimum atomic E-state index is 0.152. The van der Waals surface area contributed by atoms with Crippen LogP contribution in [0.4, 0.5) is 5.82 Å². The van der Waals surface area contributed by atoms with Crippen LogP contribution in [0.1, 0.15) is 60.1 Å².